The van der Waals surface area contributed by atoms with Crippen LogP contribution >= 0.6 is 0 Å². The van der Waals surface area contributed by atoms with Gasteiger partial charge in [0.15, 0.2) is 0 Å². The monoisotopic (exact) mass is 272 g/mol. The summed E-state index contributed by atoms with van der Waals surface area (Å²) in [5.41, 5.74) is 7.84. The fourth-order valence-electron chi connectivity index (χ4n) is 3.80. The first-order valence-corrected chi connectivity index (χ1v) is 7.84. The number of para-hydroxylation sites is 1. The van der Waals surface area contributed by atoms with Crippen molar-refractivity contribution in [1.29, 1.82) is 0 Å². The van der Waals surface area contributed by atoms with Crippen LogP contribution in [0.4, 0.5) is 5.69 Å². The maximum absolute atomic E-state index is 12.7. The lowest BCUT2D eigenvalue weighted by Gasteiger charge is -2.22. The van der Waals surface area contributed by atoms with Gasteiger partial charge in [-0.1, -0.05) is 31.0 Å². The van der Waals surface area contributed by atoms with E-state index in [9.17, 15) is 4.79 Å². The smallest absolute Gasteiger partial charge is 0.226 e. The maximum Gasteiger partial charge on any atom is 0.226 e. The second-order valence-electron chi connectivity index (χ2n) is 6.19. The van der Waals surface area contributed by atoms with E-state index < -0.39 is 0 Å². The Morgan fingerprint density at radius 2 is 1.90 bits per heavy atom. The number of nitrogens with zero attached hydrogens (tertiary/aromatic N) is 1. The van der Waals surface area contributed by atoms with Crippen LogP contribution in [-0.4, -0.2) is 17.4 Å². The standard InChI is InChI=1S/C17H24N2O/c1-2-19(11-12-7-3-6-10-15(12)18)17(20)16-13-8-4-5-9-14(13)16/h3,6-7,10,13-14,16H,2,4-5,8-9,11,18H2,1H3. The van der Waals surface area contributed by atoms with Crippen molar-refractivity contribution in [3.05, 3.63) is 29.8 Å². The van der Waals surface area contributed by atoms with Crippen molar-refractivity contribution in [3.8, 4) is 0 Å². The number of hydrogen-bond donors (Lipinski definition) is 1. The molecule has 2 atom stereocenters. The number of carbonyl (C=O) groups is 1. The van der Waals surface area contributed by atoms with Crippen molar-refractivity contribution in [2.75, 3.05) is 12.3 Å². The molecular weight excluding hydrogens is 248 g/mol. The second kappa shape index (κ2) is 5.47. The van der Waals surface area contributed by atoms with E-state index in [-0.39, 0.29) is 0 Å². The zero-order valence-electron chi connectivity index (χ0n) is 12.2. The molecule has 0 bridgehead atoms. The van der Waals surface area contributed by atoms with Crippen LogP contribution in [0, 0.1) is 17.8 Å². The number of carbonyl (C=O) groups excluding carboxylic acids is 1. The van der Waals surface area contributed by atoms with E-state index in [0.29, 0.717) is 30.2 Å². The lowest BCUT2D eigenvalue weighted by Crippen LogP contribution is -2.32. The average molecular weight is 272 g/mol. The van der Waals surface area contributed by atoms with E-state index in [1.807, 2.05) is 29.2 Å². The summed E-state index contributed by atoms with van der Waals surface area (Å²) in [6.07, 6.45) is 5.13. The molecule has 3 rings (SSSR count). The van der Waals surface area contributed by atoms with E-state index in [0.717, 1.165) is 17.8 Å². The predicted molar refractivity (Wildman–Crippen MR) is 80.9 cm³/mol. The Hall–Kier alpha value is -1.51. The van der Waals surface area contributed by atoms with E-state index in [2.05, 4.69) is 6.92 Å². The minimum atomic E-state index is 0.308. The molecule has 0 spiro atoms. The molecule has 2 saturated carbocycles. The van der Waals surface area contributed by atoms with Gasteiger partial charge >= 0.3 is 0 Å². The van der Waals surface area contributed by atoms with Gasteiger partial charge in [0.05, 0.1) is 0 Å². The third kappa shape index (κ3) is 2.41. The number of hydrogen-bond acceptors (Lipinski definition) is 2. The Morgan fingerprint density at radius 1 is 1.25 bits per heavy atom. The highest BCUT2D eigenvalue weighted by Gasteiger charge is 2.55. The highest BCUT2D eigenvalue weighted by molar-refractivity contribution is 5.82. The summed E-state index contributed by atoms with van der Waals surface area (Å²) in [4.78, 5) is 14.7. The van der Waals surface area contributed by atoms with Crippen molar-refractivity contribution in [2.24, 2.45) is 17.8 Å². The second-order valence-corrected chi connectivity index (χ2v) is 6.19. The summed E-state index contributed by atoms with van der Waals surface area (Å²) in [7, 11) is 0. The van der Waals surface area contributed by atoms with E-state index in [1.54, 1.807) is 0 Å². The number of nitrogens with two attached hydrogens (primary N) is 1. The van der Waals surface area contributed by atoms with Gasteiger partial charge < -0.3 is 10.6 Å². The summed E-state index contributed by atoms with van der Waals surface area (Å²) in [5.74, 6) is 2.02. The van der Waals surface area contributed by atoms with Crippen molar-refractivity contribution in [1.82, 2.24) is 4.90 Å². The third-order valence-electron chi connectivity index (χ3n) is 5.05. The molecule has 0 saturated heterocycles. The molecule has 0 heterocycles. The molecule has 108 valence electrons. The molecular formula is C17H24N2O. The van der Waals surface area contributed by atoms with E-state index in [4.69, 9.17) is 5.73 Å². The van der Waals surface area contributed by atoms with Crippen LogP contribution in [0.1, 0.15) is 38.2 Å². The van der Waals surface area contributed by atoms with Gasteiger partial charge in [-0.15, -0.1) is 0 Å². The highest BCUT2D eigenvalue weighted by Crippen LogP contribution is 2.56. The molecule has 0 radical (unpaired) electrons. The Morgan fingerprint density at radius 3 is 2.50 bits per heavy atom. The molecule has 2 unspecified atom stereocenters. The van der Waals surface area contributed by atoms with Crippen LogP contribution < -0.4 is 5.73 Å². The first kappa shape index (κ1) is 13.5. The lowest BCUT2D eigenvalue weighted by atomic mass is 10.0. The summed E-state index contributed by atoms with van der Waals surface area (Å²) in [6, 6.07) is 7.85. The number of nitrogen functional groups attached to an aromatic ring is 1. The minimum Gasteiger partial charge on any atom is -0.398 e. The fourth-order valence-corrected chi connectivity index (χ4v) is 3.80. The quantitative estimate of drug-likeness (QED) is 0.856. The third-order valence-corrected chi connectivity index (χ3v) is 5.05. The van der Waals surface area contributed by atoms with Gasteiger partial charge in [-0.25, -0.2) is 0 Å². The van der Waals surface area contributed by atoms with Gasteiger partial charge in [-0.2, -0.15) is 0 Å². The zero-order valence-corrected chi connectivity index (χ0v) is 12.2. The Kier molecular flexibility index (Phi) is 3.68. The predicted octanol–water partition coefficient (Wildman–Crippen LogP) is 3.05. The summed E-state index contributed by atoms with van der Waals surface area (Å²) < 4.78 is 0. The van der Waals surface area contributed by atoms with Gasteiger partial charge in [0.1, 0.15) is 0 Å². The molecule has 3 nitrogen and oxygen atoms in total. The van der Waals surface area contributed by atoms with Gasteiger partial charge in [-0.3, -0.25) is 4.79 Å². The normalized spacial score (nSPS) is 27.8. The van der Waals surface area contributed by atoms with Crippen LogP contribution in [0.15, 0.2) is 24.3 Å². The van der Waals surface area contributed by atoms with Crippen molar-refractivity contribution in [3.63, 3.8) is 0 Å². The summed E-state index contributed by atoms with van der Waals surface area (Å²) >= 11 is 0. The first-order valence-electron chi connectivity index (χ1n) is 7.84. The molecule has 2 aliphatic carbocycles. The molecule has 0 aromatic heterocycles. The molecule has 2 fully saturated rings. The first-order chi connectivity index (χ1) is 9.72. The molecule has 0 aliphatic heterocycles. The largest absolute Gasteiger partial charge is 0.398 e. The molecule has 3 heteroatoms. The molecule has 2 N–H and O–H groups in total. The van der Waals surface area contributed by atoms with Crippen molar-refractivity contribution in [2.45, 2.75) is 39.2 Å². The molecule has 1 amide bonds. The Labute approximate surface area is 121 Å². The lowest BCUT2D eigenvalue weighted by molar-refractivity contribution is -0.133. The minimum absolute atomic E-state index is 0.308. The average Bonchev–Trinajstić information content (AvgIpc) is 3.20. The molecule has 1 aromatic carbocycles. The van der Waals surface area contributed by atoms with Crippen LogP contribution in [-0.2, 0) is 11.3 Å². The maximum atomic E-state index is 12.7. The van der Waals surface area contributed by atoms with Crippen LogP contribution in [0.25, 0.3) is 0 Å². The molecule has 20 heavy (non-hydrogen) atoms. The highest BCUT2D eigenvalue weighted by atomic mass is 16.2. The SMILES string of the molecule is CCN(Cc1ccccc1N)C(=O)C1C2CCCCC21. The van der Waals surface area contributed by atoms with E-state index in [1.165, 1.54) is 25.7 Å². The number of anilines is 1. The topological polar surface area (TPSA) is 46.3 Å². The van der Waals surface area contributed by atoms with Gasteiger partial charge in [0.2, 0.25) is 5.91 Å². The Bertz CT molecular complexity index is 488. The number of amides is 1. The summed E-state index contributed by atoms with van der Waals surface area (Å²) in [6.45, 7) is 3.48. The number of fused-ring (bicyclic) bond motifs is 1. The summed E-state index contributed by atoms with van der Waals surface area (Å²) in [5, 5.41) is 0. The van der Waals surface area contributed by atoms with Crippen molar-refractivity contribution < 1.29 is 4.79 Å². The number of benzene rings is 1. The van der Waals surface area contributed by atoms with Gasteiger partial charge in [0.25, 0.3) is 0 Å². The van der Waals surface area contributed by atoms with Crippen molar-refractivity contribution >= 4 is 11.6 Å². The molecule has 2 aliphatic rings. The van der Waals surface area contributed by atoms with Gasteiger partial charge in [-0.05, 0) is 43.2 Å². The zero-order chi connectivity index (χ0) is 14.1. The van der Waals surface area contributed by atoms with Crippen LogP contribution in [0.3, 0.4) is 0 Å². The molecule has 1 aromatic rings. The van der Waals surface area contributed by atoms with Crippen LogP contribution in [0.2, 0.25) is 0 Å². The Balaban J connectivity index is 1.68. The van der Waals surface area contributed by atoms with E-state index >= 15 is 0 Å². The fraction of sp³-hybridized carbons (Fsp3) is 0.588. The number of rotatable bonds is 4. The van der Waals surface area contributed by atoms with Crippen LogP contribution in [0.5, 0.6) is 0 Å². The van der Waals surface area contributed by atoms with Gasteiger partial charge in [0, 0.05) is 24.7 Å².